The number of nitrogens with one attached hydrogen (secondary N) is 2. The van der Waals surface area contributed by atoms with Crippen molar-refractivity contribution in [2.75, 3.05) is 18.4 Å². The number of anilines is 1. The number of piperidine rings is 1. The first kappa shape index (κ1) is 18.8. The van der Waals surface area contributed by atoms with Crippen LogP contribution < -0.4 is 10.6 Å². The van der Waals surface area contributed by atoms with Crippen molar-refractivity contribution < 1.29 is 18.4 Å². The normalized spacial score (nSPS) is 16.7. The van der Waals surface area contributed by atoms with E-state index in [0.717, 1.165) is 0 Å². The van der Waals surface area contributed by atoms with Gasteiger partial charge in [0.2, 0.25) is 5.91 Å². The summed E-state index contributed by atoms with van der Waals surface area (Å²) in [6.07, 6.45) is 1.37. The molecule has 3 rings (SSSR count). The lowest BCUT2D eigenvalue weighted by atomic mass is 9.97. The zero-order chi connectivity index (χ0) is 19.2. The van der Waals surface area contributed by atoms with Crippen LogP contribution in [0.15, 0.2) is 48.5 Å². The molecule has 1 atom stereocenters. The van der Waals surface area contributed by atoms with Crippen molar-refractivity contribution in [2.45, 2.75) is 19.4 Å². The predicted octanol–water partition coefficient (Wildman–Crippen LogP) is 3.53. The van der Waals surface area contributed by atoms with Crippen molar-refractivity contribution >= 4 is 17.6 Å². The molecule has 1 fully saturated rings. The van der Waals surface area contributed by atoms with Gasteiger partial charge < -0.3 is 15.5 Å². The van der Waals surface area contributed by atoms with Crippen molar-refractivity contribution in [3.63, 3.8) is 0 Å². The number of hydrogen-bond donors (Lipinski definition) is 2. The molecule has 0 bridgehead atoms. The summed E-state index contributed by atoms with van der Waals surface area (Å²) >= 11 is 0. The fourth-order valence-electron chi connectivity index (χ4n) is 3.08. The highest BCUT2D eigenvalue weighted by Gasteiger charge is 2.28. The van der Waals surface area contributed by atoms with Crippen molar-refractivity contribution in [1.29, 1.82) is 0 Å². The molecule has 1 heterocycles. The maximum absolute atomic E-state index is 13.6. The molecule has 1 aliphatic heterocycles. The Kier molecular flexibility index (Phi) is 6.01. The van der Waals surface area contributed by atoms with Crippen LogP contribution >= 0.6 is 0 Å². The summed E-state index contributed by atoms with van der Waals surface area (Å²) < 4.78 is 26.6. The number of urea groups is 1. The van der Waals surface area contributed by atoms with Gasteiger partial charge in [0.25, 0.3) is 0 Å². The topological polar surface area (TPSA) is 61.4 Å². The molecule has 7 heteroatoms. The Morgan fingerprint density at radius 2 is 1.81 bits per heavy atom. The number of benzene rings is 2. The Bertz CT molecular complexity index is 811. The van der Waals surface area contributed by atoms with Gasteiger partial charge in [-0.25, -0.2) is 13.6 Å². The van der Waals surface area contributed by atoms with Crippen LogP contribution in [0.2, 0.25) is 0 Å². The summed E-state index contributed by atoms with van der Waals surface area (Å²) in [5.74, 6) is -1.28. The Labute approximate surface area is 156 Å². The Morgan fingerprint density at radius 1 is 1.07 bits per heavy atom. The molecular formula is C20H21F2N3O2. The van der Waals surface area contributed by atoms with Crippen LogP contribution in [0.3, 0.4) is 0 Å². The summed E-state index contributed by atoms with van der Waals surface area (Å²) in [5.41, 5.74) is 0.917. The van der Waals surface area contributed by atoms with Crippen molar-refractivity contribution in [3.8, 4) is 0 Å². The number of hydrogen-bond acceptors (Lipinski definition) is 2. The zero-order valence-corrected chi connectivity index (χ0v) is 14.8. The second kappa shape index (κ2) is 8.62. The lowest BCUT2D eigenvalue weighted by Gasteiger charge is -2.32. The van der Waals surface area contributed by atoms with Crippen LogP contribution in [-0.2, 0) is 11.3 Å². The van der Waals surface area contributed by atoms with E-state index in [1.807, 2.05) is 0 Å². The second-order valence-electron chi connectivity index (χ2n) is 6.53. The minimum Gasteiger partial charge on any atom is -0.352 e. The molecule has 2 aromatic rings. The highest BCUT2D eigenvalue weighted by atomic mass is 19.1. The van der Waals surface area contributed by atoms with Gasteiger partial charge in [-0.2, -0.15) is 0 Å². The van der Waals surface area contributed by atoms with Crippen LogP contribution in [0.25, 0.3) is 0 Å². The van der Waals surface area contributed by atoms with E-state index in [2.05, 4.69) is 10.6 Å². The third-order valence-electron chi connectivity index (χ3n) is 4.59. The fraction of sp³-hybridized carbons (Fsp3) is 0.300. The van der Waals surface area contributed by atoms with E-state index < -0.39 is 0 Å². The van der Waals surface area contributed by atoms with Crippen LogP contribution in [0.1, 0.15) is 18.4 Å². The molecule has 0 spiro atoms. The van der Waals surface area contributed by atoms with E-state index in [1.54, 1.807) is 23.1 Å². The second-order valence-corrected chi connectivity index (χ2v) is 6.53. The number of halogens is 2. The van der Waals surface area contributed by atoms with Gasteiger partial charge in [0.15, 0.2) is 0 Å². The predicted molar refractivity (Wildman–Crippen MR) is 98.0 cm³/mol. The van der Waals surface area contributed by atoms with Gasteiger partial charge in [0.1, 0.15) is 11.6 Å². The molecule has 2 N–H and O–H groups in total. The highest BCUT2D eigenvalue weighted by Crippen LogP contribution is 2.19. The van der Waals surface area contributed by atoms with Crippen LogP contribution in [0.4, 0.5) is 19.3 Å². The smallest absolute Gasteiger partial charge is 0.321 e. The van der Waals surface area contributed by atoms with Gasteiger partial charge in [-0.1, -0.05) is 18.2 Å². The molecular weight excluding hydrogens is 352 g/mol. The molecule has 2 aromatic carbocycles. The van der Waals surface area contributed by atoms with E-state index in [-0.39, 0.29) is 42.6 Å². The molecule has 0 radical (unpaired) electrons. The molecule has 5 nitrogen and oxygen atoms in total. The standard InChI is InChI=1S/C20H21F2N3O2/c21-16-7-9-17(10-8-16)24-20(27)25-11-3-5-15(13-25)19(26)23-12-14-4-1-2-6-18(14)22/h1-2,4,6-10,15H,3,5,11-13H2,(H,23,26)(H,24,27)/t15-/m1/s1. The maximum atomic E-state index is 13.6. The number of amides is 3. The lowest BCUT2D eigenvalue weighted by molar-refractivity contribution is -0.126. The largest absolute Gasteiger partial charge is 0.352 e. The highest BCUT2D eigenvalue weighted by molar-refractivity contribution is 5.90. The first-order valence-electron chi connectivity index (χ1n) is 8.85. The van der Waals surface area contributed by atoms with Crippen LogP contribution in [0.5, 0.6) is 0 Å². The molecule has 1 aliphatic rings. The SMILES string of the molecule is O=C(NCc1ccccc1F)[C@@H]1CCCN(C(=O)Nc2ccc(F)cc2)C1. The Hall–Kier alpha value is -2.96. The summed E-state index contributed by atoms with van der Waals surface area (Å²) in [6, 6.07) is 11.5. The average molecular weight is 373 g/mol. The van der Waals surface area contributed by atoms with Gasteiger partial charge in [-0.05, 0) is 43.2 Å². The van der Waals surface area contributed by atoms with Crippen molar-refractivity contribution in [3.05, 3.63) is 65.7 Å². The van der Waals surface area contributed by atoms with E-state index in [4.69, 9.17) is 0 Å². The molecule has 0 aromatic heterocycles. The average Bonchev–Trinajstić information content (AvgIpc) is 2.69. The molecule has 0 saturated carbocycles. The number of carbonyl (C=O) groups excluding carboxylic acids is 2. The van der Waals surface area contributed by atoms with Gasteiger partial charge in [0, 0.05) is 30.9 Å². The van der Waals surface area contributed by atoms with Gasteiger partial charge >= 0.3 is 6.03 Å². The van der Waals surface area contributed by atoms with Crippen molar-refractivity contribution in [1.82, 2.24) is 10.2 Å². The monoisotopic (exact) mass is 373 g/mol. The van der Waals surface area contributed by atoms with Crippen LogP contribution in [0, 0.1) is 17.6 Å². The molecule has 27 heavy (non-hydrogen) atoms. The van der Waals surface area contributed by atoms with E-state index in [9.17, 15) is 18.4 Å². The molecule has 0 unspecified atom stereocenters. The maximum Gasteiger partial charge on any atom is 0.321 e. The third kappa shape index (κ3) is 5.03. The molecule has 3 amide bonds. The molecule has 0 aliphatic carbocycles. The van der Waals surface area contributed by atoms with E-state index in [0.29, 0.717) is 30.6 Å². The first-order valence-corrected chi connectivity index (χ1v) is 8.85. The summed E-state index contributed by atoms with van der Waals surface area (Å²) in [4.78, 5) is 26.4. The van der Waals surface area contributed by atoms with Gasteiger partial charge in [0.05, 0.1) is 5.92 Å². The minimum atomic E-state index is -0.377. The molecule has 142 valence electrons. The number of likely N-dealkylation sites (tertiary alicyclic amines) is 1. The van der Waals surface area contributed by atoms with E-state index >= 15 is 0 Å². The number of nitrogens with zero attached hydrogens (tertiary/aromatic N) is 1. The van der Waals surface area contributed by atoms with E-state index in [1.165, 1.54) is 30.3 Å². The fourth-order valence-corrected chi connectivity index (χ4v) is 3.08. The summed E-state index contributed by atoms with van der Waals surface area (Å²) in [6.45, 7) is 0.948. The minimum absolute atomic E-state index is 0.115. The Balaban J connectivity index is 1.53. The Morgan fingerprint density at radius 3 is 2.56 bits per heavy atom. The first-order chi connectivity index (χ1) is 13.0. The number of carbonyl (C=O) groups is 2. The lowest BCUT2D eigenvalue weighted by Crippen LogP contribution is -2.46. The number of rotatable bonds is 4. The summed E-state index contributed by atoms with van der Waals surface area (Å²) in [5, 5.41) is 5.45. The third-order valence-corrected chi connectivity index (χ3v) is 4.59. The quantitative estimate of drug-likeness (QED) is 0.861. The van der Waals surface area contributed by atoms with Crippen LogP contribution in [-0.4, -0.2) is 29.9 Å². The molecule has 1 saturated heterocycles. The van der Waals surface area contributed by atoms with Gasteiger partial charge in [-0.15, -0.1) is 0 Å². The summed E-state index contributed by atoms with van der Waals surface area (Å²) in [7, 11) is 0. The van der Waals surface area contributed by atoms with Crippen molar-refractivity contribution in [2.24, 2.45) is 5.92 Å². The van der Waals surface area contributed by atoms with Gasteiger partial charge in [-0.3, -0.25) is 4.79 Å². The zero-order valence-electron chi connectivity index (χ0n) is 14.8.